The fourth-order valence-corrected chi connectivity index (χ4v) is 1.60. The normalized spacial score (nSPS) is 9.33. The molecular weight excluding hydrogens is 268 g/mol. The highest BCUT2D eigenvalue weighted by atomic mass is 16.6. The summed E-state index contributed by atoms with van der Waals surface area (Å²) < 4.78 is 9.59. The molecule has 4 nitrogen and oxygen atoms in total. The van der Waals surface area contributed by atoms with E-state index in [1.54, 1.807) is 0 Å². The van der Waals surface area contributed by atoms with E-state index in [2.05, 4.69) is 29.0 Å². The highest BCUT2D eigenvalue weighted by molar-refractivity contribution is 5.69. The molecule has 0 aliphatic rings. The minimum absolute atomic E-state index is 0.124. The SMILES string of the molecule is CC.CC(=O)OCCOC(=O)CCCc1ccc(C)cc1. The zero-order chi connectivity index (χ0) is 16.1. The van der Waals surface area contributed by atoms with Crippen LogP contribution in [0, 0.1) is 6.92 Å². The Bertz CT molecular complexity index is 409. The number of carbonyl (C=O) groups is 2. The Kier molecular flexibility index (Phi) is 10.9. The fraction of sp³-hybridized carbons (Fsp3) is 0.529. The fourth-order valence-electron chi connectivity index (χ4n) is 1.60. The van der Waals surface area contributed by atoms with Crippen LogP contribution >= 0.6 is 0 Å². The molecule has 0 unspecified atom stereocenters. The molecule has 0 spiro atoms. The van der Waals surface area contributed by atoms with Crippen LogP contribution in [-0.2, 0) is 25.5 Å². The number of ether oxygens (including phenoxy) is 2. The molecule has 0 heterocycles. The van der Waals surface area contributed by atoms with Gasteiger partial charge in [0, 0.05) is 13.3 Å². The molecule has 0 aromatic heterocycles. The van der Waals surface area contributed by atoms with Crippen molar-refractivity contribution in [2.45, 2.75) is 47.0 Å². The molecule has 0 aliphatic heterocycles. The first-order valence-electron chi connectivity index (χ1n) is 7.42. The molecule has 0 saturated carbocycles. The van der Waals surface area contributed by atoms with Gasteiger partial charge in [-0.1, -0.05) is 43.7 Å². The van der Waals surface area contributed by atoms with Gasteiger partial charge in [-0.3, -0.25) is 9.59 Å². The lowest BCUT2D eigenvalue weighted by atomic mass is 10.1. The number of carbonyl (C=O) groups excluding carboxylic acids is 2. The van der Waals surface area contributed by atoms with Crippen LogP contribution in [0.2, 0.25) is 0 Å². The van der Waals surface area contributed by atoms with Gasteiger partial charge in [-0.25, -0.2) is 0 Å². The molecule has 1 aromatic carbocycles. The lowest BCUT2D eigenvalue weighted by Crippen LogP contribution is -2.12. The van der Waals surface area contributed by atoms with Gasteiger partial charge in [0.15, 0.2) is 0 Å². The third kappa shape index (κ3) is 10.6. The standard InChI is InChI=1S/C15H20O4.C2H6/c1-12-6-8-14(9-7-12)4-3-5-15(17)19-11-10-18-13(2)16;1-2/h6-9H,3-5,10-11H2,1-2H3;1-2H3. The summed E-state index contributed by atoms with van der Waals surface area (Å²) in [6.45, 7) is 7.62. The van der Waals surface area contributed by atoms with Crippen molar-refractivity contribution in [1.29, 1.82) is 0 Å². The van der Waals surface area contributed by atoms with Crippen molar-refractivity contribution in [3.05, 3.63) is 35.4 Å². The van der Waals surface area contributed by atoms with E-state index < -0.39 is 0 Å². The van der Waals surface area contributed by atoms with E-state index in [1.807, 2.05) is 20.8 Å². The maximum atomic E-state index is 11.4. The second-order valence-corrected chi connectivity index (χ2v) is 4.40. The molecule has 0 bridgehead atoms. The molecule has 4 heteroatoms. The number of esters is 2. The Morgan fingerprint density at radius 3 is 2.14 bits per heavy atom. The van der Waals surface area contributed by atoms with Crippen LogP contribution in [0.1, 0.15) is 44.7 Å². The predicted octanol–water partition coefficient (Wildman–Crippen LogP) is 3.45. The monoisotopic (exact) mass is 294 g/mol. The third-order valence-corrected chi connectivity index (χ3v) is 2.62. The van der Waals surface area contributed by atoms with Crippen molar-refractivity contribution in [3.63, 3.8) is 0 Å². The van der Waals surface area contributed by atoms with Gasteiger partial charge >= 0.3 is 11.9 Å². The van der Waals surface area contributed by atoms with E-state index in [-0.39, 0.29) is 25.2 Å². The lowest BCUT2D eigenvalue weighted by molar-refractivity contribution is -0.151. The minimum atomic E-state index is -0.365. The number of hydrogen-bond donors (Lipinski definition) is 0. The highest BCUT2D eigenvalue weighted by Gasteiger charge is 2.03. The summed E-state index contributed by atoms with van der Waals surface area (Å²) in [5.74, 6) is -0.616. The molecule has 0 amide bonds. The van der Waals surface area contributed by atoms with E-state index in [9.17, 15) is 9.59 Å². The molecule has 0 fully saturated rings. The maximum Gasteiger partial charge on any atom is 0.305 e. The van der Waals surface area contributed by atoms with E-state index >= 15 is 0 Å². The molecule has 1 rings (SSSR count). The number of benzene rings is 1. The van der Waals surface area contributed by atoms with Gasteiger partial charge in [0.05, 0.1) is 0 Å². The largest absolute Gasteiger partial charge is 0.462 e. The van der Waals surface area contributed by atoms with E-state index in [1.165, 1.54) is 18.1 Å². The first kappa shape index (κ1) is 19.2. The lowest BCUT2D eigenvalue weighted by Gasteiger charge is -2.05. The average Bonchev–Trinajstić information content (AvgIpc) is 2.48. The van der Waals surface area contributed by atoms with Crippen LogP contribution < -0.4 is 0 Å². The molecular formula is C17H26O4. The van der Waals surface area contributed by atoms with Crippen molar-refractivity contribution in [2.75, 3.05) is 13.2 Å². The van der Waals surface area contributed by atoms with Gasteiger partial charge < -0.3 is 9.47 Å². The van der Waals surface area contributed by atoms with Crippen LogP contribution in [0.5, 0.6) is 0 Å². The van der Waals surface area contributed by atoms with Crippen LogP contribution in [0.3, 0.4) is 0 Å². The summed E-state index contributed by atoms with van der Waals surface area (Å²) in [4.78, 5) is 21.8. The first-order chi connectivity index (χ1) is 10.1. The quantitative estimate of drug-likeness (QED) is 0.571. The molecule has 0 radical (unpaired) electrons. The van der Waals surface area contributed by atoms with Crippen molar-refractivity contribution in [2.24, 2.45) is 0 Å². The summed E-state index contributed by atoms with van der Waals surface area (Å²) in [5, 5.41) is 0. The van der Waals surface area contributed by atoms with E-state index in [0.29, 0.717) is 6.42 Å². The maximum absolute atomic E-state index is 11.4. The Hall–Kier alpha value is -1.84. The number of rotatable bonds is 7. The first-order valence-corrected chi connectivity index (χ1v) is 7.42. The van der Waals surface area contributed by atoms with E-state index in [4.69, 9.17) is 4.74 Å². The van der Waals surface area contributed by atoms with E-state index in [0.717, 1.165) is 12.8 Å². The van der Waals surface area contributed by atoms with Crippen LogP contribution in [0.25, 0.3) is 0 Å². The van der Waals surface area contributed by atoms with Gasteiger partial charge in [-0.05, 0) is 25.3 Å². The Morgan fingerprint density at radius 2 is 1.57 bits per heavy atom. The summed E-state index contributed by atoms with van der Waals surface area (Å²) in [5.41, 5.74) is 2.45. The molecule has 21 heavy (non-hydrogen) atoms. The van der Waals surface area contributed by atoms with Gasteiger partial charge in [0.25, 0.3) is 0 Å². The number of aryl methyl sites for hydroxylation is 2. The van der Waals surface area contributed by atoms with Gasteiger partial charge in [0.1, 0.15) is 13.2 Å². The second-order valence-electron chi connectivity index (χ2n) is 4.40. The zero-order valence-electron chi connectivity index (χ0n) is 13.5. The van der Waals surface area contributed by atoms with Crippen molar-refractivity contribution in [1.82, 2.24) is 0 Å². The van der Waals surface area contributed by atoms with Gasteiger partial charge in [-0.15, -0.1) is 0 Å². The zero-order valence-corrected chi connectivity index (χ0v) is 13.5. The van der Waals surface area contributed by atoms with Gasteiger partial charge in [-0.2, -0.15) is 0 Å². The average molecular weight is 294 g/mol. The van der Waals surface area contributed by atoms with Crippen LogP contribution in [0.4, 0.5) is 0 Å². The Morgan fingerprint density at radius 1 is 1.00 bits per heavy atom. The second kappa shape index (κ2) is 11.9. The molecule has 0 saturated heterocycles. The smallest absolute Gasteiger partial charge is 0.305 e. The Labute approximate surface area is 127 Å². The molecule has 1 aromatic rings. The summed E-state index contributed by atoms with van der Waals surface area (Å²) in [7, 11) is 0. The number of hydrogen-bond acceptors (Lipinski definition) is 4. The molecule has 0 aliphatic carbocycles. The predicted molar refractivity (Wildman–Crippen MR) is 83.1 cm³/mol. The topological polar surface area (TPSA) is 52.6 Å². The minimum Gasteiger partial charge on any atom is -0.462 e. The molecule has 0 N–H and O–H groups in total. The summed E-state index contributed by atoms with van der Waals surface area (Å²) >= 11 is 0. The highest BCUT2D eigenvalue weighted by Crippen LogP contribution is 2.07. The van der Waals surface area contributed by atoms with Crippen molar-refractivity contribution < 1.29 is 19.1 Å². The summed E-state index contributed by atoms with van der Waals surface area (Å²) in [6.07, 6.45) is 2.00. The van der Waals surface area contributed by atoms with Crippen molar-refractivity contribution in [3.8, 4) is 0 Å². The van der Waals surface area contributed by atoms with Crippen LogP contribution in [0.15, 0.2) is 24.3 Å². The van der Waals surface area contributed by atoms with Crippen molar-refractivity contribution >= 4 is 11.9 Å². The third-order valence-electron chi connectivity index (χ3n) is 2.62. The van der Waals surface area contributed by atoms with Crippen LogP contribution in [-0.4, -0.2) is 25.2 Å². The molecule has 118 valence electrons. The Balaban J connectivity index is 0.00000191. The molecule has 0 atom stereocenters. The summed E-state index contributed by atoms with van der Waals surface area (Å²) in [6, 6.07) is 8.27. The van der Waals surface area contributed by atoms with Gasteiger partial charge in [0.2, 0.25) is 0 Å².